The first-order chi connectivity index (χ1) is 10.1. The molecular weight excluding hydrogens is 284 g/mol. The third kappa shape index (κ3) is 3.29. The number of aromatic nitrogens is 1. The lowest BCUT2D eigenvalue weighted by molar-refractivity contribution is 0.0700. The maximum atomic E-state index is 11.3. The molecule has 21 heavy (non-hydrogen) atoms. The Labute approximate surface area is 130 Å². The van der Waals surface area contributed by atoms with Gasteiger partial charge in [0.2, 0.25) is 0 Å². The second-order valence-electron chi connectivity index (χ2n) is 6.52. The van der Waals surface area contributed by atoms with Crippen LogP contribution in [0.4, 0.5) is 0 Å². The standard InChI is InChI=1S/C16H24N2O2S/c1-10-4-3-5-11(2)18(10)9-8-13-17-14(12-6-7-12)15(21-13)16(19)20/h10-12H,3-9H2,1-2H3,(H,19,20). The van der Waals surface area contributed by atoms with E-state index in [1.807, 2.05) is 0 Å². The van der Waals surface area contributed by atoms with E-state index in [1.54, 1.807) is 0 Å². The predicted molar refractivity (Wildman–Crippen MR) is 84.2 cm³/mol. The Bertz CT molecular complexity index is 514. The van der Waals surface area contributed by atoms with Gasteiger partial charge in [-0.2, -0.15) is 0 Å². The summed E-state index contributed by atoms with van der Waals surface area (Å²) in [6.07, 6.45) is 6.95. The minimum absolute atomic E-state index is 0.411. The number of aromatic carboxylic acids is 1. The molecule has 2 heterocycles. The fourth-order valence-corrected chi connectivity index (χ4v) is 4.39. The van der Waals surface area contributed by atoms with Crippen LogP contribution in [0.15, 0.2) is 0 Å². The Hall–Kier alpha value is -0.940. The van der Waals surface area contributed by atoms with Gasteiger partial charge in [0.1, 0.15) is 4.88 Å². The average Bonchev–Trinajstić information content (AvgIpc) is 3.18. The molecule has 2 fully saturated rings. The van der Waals surface area contributed by atoms with Gasteiger partial charge in [0.15, 0.2) is 0 Å². The number of piperidine rings is 1. The van der Waals surface area contributed by atoms with E-state index >= 15 is 0 Å². The van der Waals surface area contributed by atoms with Crippen LogP contribution in [0.5, 0.6) is 0 Å². The minimum Gasteiger partial charge on any atom is -0.477 e. The number of nitrogens with zero attached hydrogens (tertiary/aromatic N) is 2. The molecule has 1 aromatic heterocycles. The van der Waals surface area contributed by atoms with E-state index in [0.717, 1.165) is 36.5 Å². The van der Waals surface area contributed by atoms with E-state index in [2.05, 4.69) is 23.7 Å². The summed E-state index contributed by atoms with van der Waals surface area (Å²) in [5, 5.41) is 10.3. The molecule has 5 heteroatoms. The largest absolute Gasteiger partial charge is 0.477 e. The molecule has 1 saturated carbocycles. The summed E-state index contributed by atoms with van der Waals surface area (Å²) >= 11 is 1.39. The van der Waals surface area contributed by atoms with Crippen molar-refractivity contribution in [2.24, 2.45) is 0 Å². The van der Waals surface area contributed by atoms with Gasteiger partial charge in [-0.15, -0.1) is 11.3 Å². The lowest BCUT2D eigenvalue weighted by Gasteiger charge is -2.38. The molecule has 1 saturated heterocycles. The summed E-state index contributed by atoms with van der Waals surface area (Å²) in [5.74, 6) is -0.394. The third-order valence-electron chi connectivity index (χ3n) is 4.82. The number of hydrogen-bond acceptors (Lipinski definition) is 4. The predicted octanol–water partition coefficient (Wildman–Crippen LogP) is 3.52. The molecule has 2 atom stereocenters. The summed E-state index contributed by atoms with van der Waals surface area (Å²) in [4.78, 5) is 19.0. The van der Waals surface area contributed by atoms with Crippen molar-refractivity contribution in [3.63, 3.8) is 0 Å². The van der Waals surface area contributed by atoms with Crippen molar-refractivity contribution in [3.05, 3.63) is 15.6 Å². The molecular formula is C16H24N2O2S. The van der Waals surface area contributed by atoms with E-state index < -0.39 is 5.97 Å². The number of rotatable bonds is 5. The quantitative estimate of drug-likeness (QED) is 0.904. The van der Waals surface area contributed by atoms with Gasteiger partial charge in [0, 0.05) is 31.0 Å². The molecule has 1 aliphatic carbocycles. The third-order valence-corrected chi connectivity index (χ3v) is 5.93. The highest BCUT2D eigenvalue weighted by Gasteiger charge is 2.32. The summed E-state index contributed by atoms with van der Waals surface area (Å²) in [6.45, 7) is 5.60. The molecule has 4 nitrogen and oxygen atoms in total. The van der Waals surface area contributed by atoms with Gasteiger partial charge in [-0.1, -0.05) is 6.42 Å². The number of likely N-dealkylation sites (tertiary alicyclic amines) is 1. The van der Waals surface area contributed by atoms with Crippen molar-refractivity contribution < 1.29 is 9.90 Å². The molecule has 2 unspecified atom stereocenters. The van der Waals surface area contributed by atoms with Crippen molar-refractivity contribution in [2.45, 2.75) is 70.4 Å². The van der Waals surface area contributed by atoms with Crippen LogP contribution in [0.3, 0.4) is 0 Å². The lowest BCUT2D eigenvalue weighted by Crippen LogP contribution is -2.44. The number of carboxylic acids is 1. The Kier molecular flexibility index (Phi) is 4.31. The highest BCUT2D eigenvalue weighted by Crippen LogP contribution is 2.42. The molecule has 116 valence electrons. The minimum atomic E-state index is -0.805. The topological polar surface area (TPSA) is 53.4 Å². The van der Waals surface area contributed by atoms with Crippen molar-refractivity contribution in [2.75, 3.05) is 6.54 Å². The lowest BCUT2D eigenvalue weighted by atomic mass is 9.97. The first-order valence-corrected chi connectivity index (χ1v) is 8.86. The number of hydrogen-bond donors (Lipinski definition) is 1. The van der Waals surface area contributed by atoms with Gasteiger partial charge in [-0.05, 0) is 39.5 Å². The van der Waals surface area contributed by atoms with E-state index in [1.165, 1.54) is 30.6 Å². The molecule has 0 radical (unpaired) electrons. The first kappa shape index (κ1) is 15.0. The highest BCUT2D eigenvalue weighted by molar-refractivity contribution is 7.13. The molecule has 0 bridgehead atoms. The molecule has 0 amide bonds. The van der Waals surface area contributed by atoms with Crippen molar-refractivity contribution in [1.82, 2.24) is 9.88 Å². The number of thiazole rings is 1. The van der Waals surface area contributed by atoms with Gasteiger partial charge in [0.25, 0.3) is 0 Å². The molecule has 1 N–H and O–H groups in total. The zero-order valence-electron chi connectivity index (χ0n) is 12.8. The molecule has 1 aliphatic heterocycles. The molecule has 0 aromatic carbocycles. The number of carboxylic acid groups (broad SMARTS) is 1. The Morgan fingerprint density at radius 1 is 1.29 bits per heavy atom. The van der Waals surface area contributed by atoms with Crippen molar-refractivity contribution in [3.8, 4) is 0 Å². The Morgan fingerprint density at radius 2 is 1.95 bits per heavy atom. The first-order valence-electron chi connectivity index (χ1n) is 8.05. The van der Waals surface area contributed by atoms with Crippen LogP contribution in [-0.2, 0) is 6.42 Å². The SMILES string of the molecule is CC1CCCC(C)N1CCc1nc(C2CC2)c(C(=O)O)s1. The highest BCUT2D eigenvalue weighted by atomic mass is 32.1. The normalized spacial score (nSPS) is 27.0. The Balaban J connectivity index is 1.67. The maximum absolute atomic E-state index is 11.3. The van der Waals surface area contributed by atoms with Crippen LogP contribution < -0.4 is 0 Å². The summed E-state index contributed by atoms with van der Waals surface area (Å²) < 4.78 is 0. The fourth-order valence-electron chi connectivity index (χ4n) is 3.41. The van der Waals surface area contributed by atoms with E-state index in [9.17, 15) is 9.90 Å². The van der Waals surface area contributed by atoms with Crippen LogP contribution in [-0.4, -0.2) is 39.6 Å². The van der Waals surface area contributed by atoms with Crippen molar-refractivity contribution in [1.29, 1.82) is 0 Å². The second-order valence-corrected chi connectivity index (χ2v) is 7.60. The molecule has 1 aromatic rings. The smallest absolute Gasteiger partial charge is 0.347 e. The van der Waals surface area contributed by atoms with Crippen LogP contribution in [0.2, 0.25) is 0 Å². The summed E-state index contributed by atoms with van der Waals surface area (Å²) in [5.41, 5.74) is 0.849. The van der Waals surface area contributed by atoms with Crippen LogP contribution in [0, 0.1) is 0 Å². The van der Waals surface area contributed by atoms with Gasteiger partial charge >= 0.3 is 5.97 Å². The zero-order valence-corrected chi connectivity index (χ0v) is 13.7. The van der Waals surface area contributed by atoms with E-state index in [-0.39, 0.29) is 0 Å². The molecule has 2 aliphatic rings. The molecule has 0 spiro atoms. The Morgan fingerprint density at radius 3 is 2.52 bits per heavy atom. The van der Waals surface area contributed by atoms with Crippen LogP contribution in [0.1, 0.15) is 72.2 Å². The molecule has 3 rings (SSSR count). The zero-order chi connectivity index (χ0) is 15.0. The van der Waals surface area contributed by atoms with Gasteiger partial charge in [-0.25, -0.2) is 9.78 Å². The van der Waals surface area contributed by atoms with Gasteiger partial charge < -0.3 is 5.11 Å². The second kappa shape index (κ2) is 6.05. The number of carbonyl (C=O) groups is 1. The fraction of sp³-hybridized carbons (Fsp3) is 0.750. The van der Waals surface area contributed by atoms with Crippen LogP contribution in [0.25, 0.3) is 0 Å². The maximum Gasteiger partial charge on any atom is 0.347 e. The average molecular weight is 308 g/mol. The van der Waals surface area contributed by atoms with E-state index in [0.29, 0.717) is 22.9 Å². The van der Waals surface area contributed by atoms with Crippen molar-refractivity contribution >= 4 is 17.3 Å². The van der Waals surface area contributed by atoms with Crippen LogP contribution >= 0.6 is 11.3 Å². The van der Waals surface area contributed by atoms with Gasteiger partial charge in [-0.3, -0.25) is 4.90 Å². The van der Waals surface area contributed by atoms with E-state index in [4.69, 9.17) is 0 Å². The van der Waals surface area contributed by atoms with Gasteiger partial charge in [0.05, 0.1) is 10.7 Å². The monoisotopic (exact) mass is 308 g/mol. The summed E-state index contributed by atoms with van der Waals surface area (Å²) in [7, 11) is 0. The summed E-state index contributed by atoms with van der Waals surface area (Å²) in [6, 6.07) is 1.27.